The van der Waals surface area contributed by atoms with Gasteiger partial charge in [-0.2, -0.15) is 0 Å². The molecule has 0 aliphatic rings. The van der Waals surface area contributed by atoms with E-state index in [2.05, 4.69) is 5.32 Å². The van der Waals surface area contributed by atoms with Gasteiger partial charge in [0.1, 0.15) is 6.04 Å². The molecule has 0 amide bonds. The third kappa shape index (κ3) is 4.58. The maximum atomic E-state index is 10.9. The Morgan fingerprint density at radius 1 is 1.50 bits per heavy atom. The normalized spacial score (nSPS) is 17.4. The highest BCUT2D eigenvalue weighted by Crippen LogP contribution is 2.06. The molecule has 0 bridgehead atoms. The van der Waals surface area contributed by atoms with Crippen LogP contribution in [0.2, 0.25) is 0 Å². The molecule has 4 nitrogen and oxygen atoms in total. The van der Waals surface area contributed by atoms with Gasteiger partial charge in [0.25, 0.3) is 0 Å². The second kappa shape index (κ2) is 6.79. The van der Waals surface area contributed by atoms with Gasteiger partial charge in [-0.05, 0) is 13.3 Å². The van der Waals surface area contributed by atoms with Crippen LogP contribution >= 0.6 is 0 Å². The lowest BCUT2D eigenvalue weighted by Crippen LogP contribution is -2.47. The number of hydrogen-bond acceptors (Lipinski definition) is 3. The summed E-state index contributed by atoms with van der Waals surface area (Å²) in [5.74, 6) is -0.832. The average molecular weight is 203 g/mol. The van der Waals surface area contributed by atoms with E-state index in [1.807, 2.05) is 20.8 Å². The Labute approximate surface area is 85.6 Å². The van der Waals surface area contributed by atoms with E-state index in [1.54, 1.807) is 7.11 Å². The maximum absolute atomic E-state index is 10.9. The zero-order chi connectivity index (χ0) is 11.1. The van der Waals surface area contributed by atoms with Crippen molar-refractivity contribution < 1.29 is 14.6 Å². The molecule has 0 rings (SSSR count). The minimum Gasteiger partial charge on any atom is -0.480 e. The van der Waals surface area contributed by atoms with Gasteiger partial charge in [-0.1, -0.05) is 13.8 Å². The Balaban J connectivity index is 4.21. The molecule has 0 aromatic heterocycles. The summed E-state index contributed by atoms with van der Waals surface area (Å²) in [6.07, 6.45) is 0.920. The third-order valence-corrected chi connectivity index (χ3v) is 2.34. The molecule has 0 aromatic rings. The quantitative estimate of drug-likeness (QED) is 0.650. The highest BCUT2D eigenvalue weighted by atomic mass is 16.5. The van der Waals surface area contributed by atoms with Crippen LogP contribution in [0.4, 0.5) is 0 Å². The van der Waals surface area contributed by atoms with Gasteiger partial charge in [-0.15, -0.1) is 0 Å². The van der Waals surface area contributed by atoms with E-state index in [4.69, 9.17) is 9.84 Å². The highest BCUT2D eigenvalue weighted by Gasteiger charge is 2.25. The summed E-state index contributed by atoms with van der Waals surface area (Å²) in [5, 5.41) is 12.1. The predicted octanol–water partition coefficient (Wildman–Crippen LogP) is 1.11. The SMILES string of the molecule is CCC(C)NC(C(=O)O)C(C)COC. The molecule has 0 fully saturated rings. The van der Waals surface area contributed by atoms with Crippen molar-refractivity contribution in [1.29, 1.82) is 0 Å². The number of aliphatic carboxylic acids is 1. The fourth-order valence-corrected chi connectivity index (χ4v) is 1.26. The number of carboxylic acid groups (broad SMARTS) is 1. The summed E-state index contributed by atoms with van der Waals surface area (Å²) >= 11 is 0. The van der Waals surface area contributed by atoms with Gasteiger partial charge in [-0.3, -0.25) is 4.79 Å². The number of carbonyl (C=O) groups is 1. The standard InChI is InChI=1S/C10H21NO3/c1-5-8(3)11-9(10(12)13)7(2)6-14-4/h7-9,11H,5-6H2,1-4H3,(H,12,13). The van der Waals surface area contributed by atoms with Crippen LogP contribution < -0.4 is 5.32 Å². The van der Waals surface area contributed by atoms with Crippen LogP contribution in [0.25, 0.3) is 0 Å². The van der Waals surface area contributed by atoms with E-state index >= 15 is 0 Å². The highest BCUT2D eigenvalue weighted by molar-refractivity contribution is 5.73. The largest absolute Gasteiger partial charge is 0.480 e. The first-order chi connectivity index (χ1) is 6.52. The molecule has 0 heterocycles. The van der Waals surface area contributed by atoms with Gasteiger partial charge in [0.05, 0.1) is 6.61 Å². The van der Waals surface area contributed by atoms with Gasteiger partial charge in [0, 0.05) is 19.1 Å². The van der Waals surface area contributed by atoms with Crippen LogP contribution in [0.5, 0.6) is 0 Å². The van der Waals surface area contributed by atoms with Crippen LogP contribution in [0, 0.1) is 5.92 Å². The fourth-order valence-electron chi connectivity index (χ4n) is 1.26. The maximum Gasteiger partial charge on any atom is 0.321 e. The second-order valence-corrected chi connectivity index (χ2v) is 3.72. The zero-order valence-electron chi connectivity index (χ0n) is 9.41. The van der Waals surface area contributed by atoms with Crippen molar-refractivity contribution in [2.24, 2.45) is 5.92 Å². The first-order valence-corrected chi connectivity index (χ1v) is 5.00. The molecule has 4 heteroatoms. The van der Waals surface area contributed by atoms with Crippen LogP contribution in [-0.2, 0) is 9.53 Å². The summed E-state index contributed by atoms with van der Waals surface area (Å²) in [7, 11) is 1.58. The Bertz CT molecular complexity index is 173. The lowest BCUT2D eigenvalue weighted by Gasteiger charge is -2.24. The van der Waals surface area contributed by atoms with Gasteiger partial charge in [0.15, 0.2) is 0 Å². The molecular weight excluding hydrogens is 182 g/mol. The molecule has 3 atom stereocenters. The summed E-state index contributed by atoms with van der Waals surface area (Å²) in [6.45, 7) is 6.34. The Morgan fingerprint density at radius 3 is 2.43 bits per heavy atom. The zero-order valence-corrected chi connectivity index (χ0v) is 9.41. The minimum atomic E-state index is -0.810. The molecule has 0 saturated heterocycles. The summed E-state index contributed by atoms with van der Waals surface area (Å²) in [4.78, 5) is 10.9. The molecular formula is C10H21NO3. The van der Waals surface area contributed by atoms with Crippen molar-refractivity contribution in [3.8, 4) is 0 Å². The van der Waals surface area contributed by atoms with Crippen molar-refractivity contribution in [2.45, 2.75) is 39.3 Å². The van der Waals surface area contributed by atoms with Crippen molar-refractivity contribution in [1.82, 2.24) is 5.32 Å². The average Bonchev–Trinajstić information content (AvgIpc) is 2.13. The van der Waals surface area contributed by atoms with Gasteiger partial charge in [0.2, 0.25) is 0 Å². The first kappa shape index (κ1) is 13.4. The van der Waals surface area contributed by atoms with E-state index in [9.17, 15) is 4.79 Å². The topological polar surface area (TPSA) is 58.6 Å². The monoisotopic (exact) mass is 203 g/mol. The smallest absolute Gasteiger partial charge is 0.321 e. The molecule has 2 N–H and O–H groups in total. The van der Waals surface area contributed by atoms with Crippen LogP contribution in [-0.4, -0.2) is 36.9 Å². The number of methoxy groups -OCH3 is 1. The first-order valence-electron chi connectivity index (χ1n) is 5.00. The van der Waals surface area contributed by atoms with Gasteiger partial charge < -0.3 is 15.2 Å². The Hall–Kier alpha value is -0.610. The summed E-state index contributed by atoms with van der Waals surface area (Å²) in [6, 6.07) is -0.305. The molecule has 3 unspecified atom stereocenters. The van der Waals surface area contributed by atoms with E-state index in [-0.39, 0.29) is 12.0 Å². The number of nitrogens with one attached hydrogen (secondary N) is 1. The molecule has 0 saturated carbocycles. The molecule has 0 spiro atoms. The van der Waals surface area contributed by atoms with Crippen molar-refractivity contribution in [3.63, 3.8) is 0 Å². The third-order valence-electron chi connectivity index (χ3n) is 2.34. The summed E-state index contributed by atoms with van der Waals surface area (Å²) < 4.78 is 4.95. The van der Waals surface area contributed by atoms with E-state index in [0.717, 1.165) is 6.42 Å². The lowest BCUT2D eigenvalue weighted by molar-refractivity contribution is -0.141. The van der Waals surface area contributed by atoms with E-state index in [0.29, 0.717) is 6.61 Å². The Morgan fingerprint density at radius 2 is 2.07 bits per heavy atom. The molecule has 14 heavy (non-hydrogen) atoms. The van der Waals surface area contributed by atoms with Crippen molar-refractivity contribution >= 4 is 5.97 Å². The molecule has 0 aliphatic carbocycles. The molecule has 0 radical (unpaired) electrons. The van der Waals surface area contributed by atoms with E-state index in [1.165, 1.54) is 0 Å². The fraction of sp³-hybridized carbons (Fsp3) is 0.900. The minimum absolute atomic E-state index is 0.0218. The number of hydrogen-bond donors (Lipinski definition) is 2. The molecule has 0 aromatic carbocycles. The summed E-state index contributed by atoms with van der Waals surface area (Å²) in [5.41, 5.74) is 0. The van der Waals surface area contributed by atoms with Gasteiger partial charge >= 0.3 is 5.97 Å². The van der Waals surface area contributed by atoms with Crippen molar-refractivity contribution in [2.75, 3.05) is 13.7 Å². The predicted molar refractivity (Wildman–Crippen MR) is 55.4 cm³/mol. The van der Waals surface area contributed by atoms with Crippen LogP contribution in [0.3, 0.4) is 0 Å². The second-order valence-electron chi connectivity index (χ2n) is 3.72. The lowest BCUT2D eigenvalue weighted by atomic mass is 10.0. The van der Waals surface area contributed by atoms with Gasteiger partial charge in [-0.25, -0.2) is 0 Å². The van der Waals surface area contributed by atoms with Crippen molar-refractivity contribution in [3.05, 3.63) is 0 Å². The van der Waals surface area contributed by atoms with Crippen LogP contribution in [0.1, 0.15) is 27.2 Å². The molecule has 0 aliphatic heterocycles. The Kier molecular flexibility index (Phi) is 6.49. The van der Waals surface area contributed by atoms with E-state index < -0.39 is 12.0 Å². The number of rotatable bonds is 7. The number of ether oxygens (including phenoxy) is 1. The molecule has 84 valence electrons. The number of carboxylic acids is 1. The van der Waals surface area contributed by atoms with Crippen LogP contribution in [0.15, 0.2) is 0 Å².